The average molecular weight is 281 g/mol. The van der Waals surface area contributed by atoms with Gasteiger partial charge < -0.3 is 15.5 Å². The largest absolute Gasteiger partial charge is 0.507 e. The second-order valence-corrected chi connectivity index (χ2v) is 5.56. The van der Waals surface area contributed by atoms with E-state index in [0.717, 1.165) is 50.3 Å². The summed E-state index contributed by atoms with van der Waals surface area (Å²) in [5.41, 5.74) is -0.356. The summed E-state index contributed by atoms with van der Waals surface area (Å²) in [7, 11) is 0. The number of rotatable bonds is 4. The topological polar surface area (TPSA) is 69.6 Å². The van der Waals surface area contributed by atoms with Gasteiger partial charge in [0.15, 0.2) is 0 Å². The van der Waals surface area contributed by atoms with E-state index < -0.39 is 11.7 Å². The monoisotopic (exact) mass is 281 g/mol. The van der Waals surface area contributed by atoms with E-state index in [1.165, 1.54) is 0 Å². The van der Waals surface area contributed by atoms with Gasteiger partial charge in [-0.2, -0.15) is 0 Å². The van der Waals surface area contributed by atoms with Gasteiger partial charge in [-0.15, -0.1) is 0 Å². The molecule has 1 saturated carbocycles. The van der Waals surface area contributed by atoms with Gasteiger partial charge in [-0.05, 0) is 31.0 Å². The summed E-state index contributed by atoms with van der Waals surface area (Å²) < 4.78 is 13.1. The number of hydrogen-bond acceptors (Lipinski definition) is 3. The van der Waals surface area contributed by atoms with E-state index in [4.69, 9.17) is 0 Å². The molecule has 0 spiro atoms. The minimum absolute atomic E-state index is 0.0302. The summed E-state index contributed by atoms with van der Waals surface area (Å²) in [6.07, 6.45) is 4.99. The van der Waals surface area contributed by atoms with E-state index in [-0.39, 0.29) is 23.3 Å². The molecule has 0 heterocycles. The summed E-state index contributed by atoms with van der Waals surface area (Å²) in [4.78, 5) is 12.0. The number of amides is 1. The molecule has 5 heteroatoms. The van der Waals surface area contributed by atoms with Gasteiger partial charge in [0.1, 0.15) is 11.6 Å². The normalized spacial score (nSPS) is 17.7. The number of phenols is 1. The molecule has 20 heavy (non-hydrogen) atoms. The molecule has 0 radical (unpaired) electrons. The van der Waals surface area contributed by atoms with Crippen LogP contribution in [0.1, 0.15) is 42.5 Å². The molecule has 0 saturated heterocycles. The van der Waals surface area contributed by atoms with Gasteiger partial charge >= 0.3 is 0 Å². The van der Waals surface area contributed by atoms with Crippen LogP contribution < -0.4 is 5.32 Å². The first-order chi connectivity index (χ1) is 9.56. The van der Waals surface area contributed by atoms with Crippen LogP contribution in [-0.2, 0) is 0 Å². The first-order valence-electron chi connectivity index (χ1n) is 6.94. The van der Waals surface area contributed by atoms with E-state index in [1.54, 1.807) is 0 Å². The van der Waals surface area contributed by atoms with Crippen molar-refractivity contribution >= 4 is 5.91 Å². The zero-order chi connectivity index (χ0) is 14.6. The standard InChI is InChI=1S/C15H20FNO3/c16-11-4-5-13(19)12(8-11)14(20)17-9-15(10-18)6-2-1-3-7-15/h4-5,8,18-19H,1-3,6-7,9-10H2,(H,17,20). The summed E-state index contributed by atoms with van der Waals surface area (Å²) in [6, 6.07) is 3.27. The number of aliphatic hydroxyl groups is 1. The van der Waals surface area contributed by atoms with Crippen LogP contribution in [0.25, 0.3) is 0 Å². The highest BCUT2D eigenvalue weighted by atomic mass is 19.1. The summed E-state index contributed by atoms with van der Waals surface area (Å²) in [6.45, 7) is 0.376. The second-order valence-electron chi connectivity index (χ2n) is 5.56. The summed E-state index contributed by atoms with van der Waals surface area (Å²) >= 11 is 0. The number of aliphatic hydroxyl groups excluding tert-OH is 1. The zero-order valence-electron chi connectivity index (χ0n) is 11.4. The lowest BCUT2D eigenvalue weighted by molar-refractivity contribution is 0.0716. The van der Waals surface area contributed by atoms with Crippen molar-refractivity contribution < 1.29 is 19.4 Å². The Morgan fingerprint density at radius 2 is 2.00 bits per heavy atom. The van der Waals surface area contributed by atoms with Crippen LogP contribution in [0.2, 0.25) is 0 Å². The molecule has 1 amide bonds. The number of phenolic OH excluding ortho intramolecular Hbond substituents is 1. The van der Waals surface area contributed by atoms with Crippen LogP contribution in [-0.4, -0.2) is 29.3 Å². The third kappa shape index (κ3) is 3.28. The molecule has 2 rings (SSSR count). The maximum atomic E-state index is 13.1. The van der Waals surface area contributed by atoms with Crippen LogP contribution >= 0.6 is 0 Å². The fraction of sp³-hybridized carbons (Fsp3) is 0.533. The Morgan fingerprint density at radius 3 is 2.65 bits per heavy atom. The van der Waals surface area contributed by atoms with E-state index in [0.29, 0.717) is 6.54 Å². The fourth-order valence-corrected chi connectivity index (χ4v) is 2.75. The van der Waals surface area contributed by atoms with E-state index in [9.17, 15) is 19.4 Å². The fourth-order valence-electron chi connectivity index (χ4n) is 2.75. The van der Waals surface area contributed by atoms with Gasteiger partial charge in [0, 0.05) is 12.0 Å². The highest BCUT2D eigenvalue weighted by molar-refractivity contribution is 5.96. The lowest BCUT2D eigenvalue weighted by atomic mass is 9.74. The number of nitrogens with one attached hydrogen (secondary N) is 1. The van der Waals surface area contributed by atoms with Crippen molar-refractivity contribution in [3.8, 4) is 5.75 Å². The molecule has 1 aliphatic rings. The van der Waals surface area contributed by atoms with Crippen LogP contribution in [0.5, 0.6) is 5.75 Å². The number of halogens is 1. The van der Waals surface area contributed by atoms with Crippen LogP contribution in [0.3, 0.4) is 0 Å². The number of aromatic hydroxyl groups is 1. The molecule has 0 bridgehead atoms. The molecule has 0 atom stereocenters. The molecule has 110 valence electrons. The smallest absolute Gasteiger partial charge is 0.255 e. The molecule has 1 aromatic carbocycles. The van der Waals surface area contributed by atoms with Gasteiger partial charge in [-0.1, -0.05) is 19.3 Å². The Hall–Kier alpha value is -1.62. The van der Waals surface area contributed by atoms with E-state index in [1.807, 2.05) is 0 Å². The number of hydrogen-bond donors (Lipinski definition) is 3. The van der Waals surface area contributed by atoms with Crippen molar-refractivity contribution in [2.75, 3.05) is 13.2 Å². The summed E-state index contributed by atoms with van der Waals surface area (Å²) in [5.74, 6) is -1.33. The summed E-state index contributed by atoms with van der Waals surface area (Å²) in [5, 5.41) is 21.9. The molecule has 4 nitrogen and oxygen atoms in total. The maximum absolute atomic E-state index is 13.1. The minimum atomic E-state index is -0.567. The quantitative estimate of drug-likeness (QED) is 0.792. The lowest BCUT2D eigenvalue weighted by Gasteiger charge is -2.35. The average Bonchev–Trinajstić information content (AvgIpc) is 2.48. The second kappa shape index (κ2) is 6.22. The van der Waals surface area contributed by atoms with Gasteiger partial charge in [0.2, 0.25) is 0 Å². The predicted octanol–water partition coefficient (Wildman–Crippen LogP) is 2.20. The van der Waals surface area contributed by atoms with Crippen LogP contribution in [0, 0.1) is 11.2 Å². The molecule has 0 unspecified atom stereocenters. The Balaban J connectivity index is 2.02. The third-order valence-electron chi connectivity index (χ3n) is 4.08. The van der Waals surface area contributed by atoms with Crippen LogP contribution in [0.4, 0.5) is 4.39 Å². The van der Waals surface area contributed by atoms with E-state index in [2.05, 4.69) is 5.32 Å². The highest BCUT2D eigenvalue weighted by Gasteiger charge is 2.32. The molecule has 1 aliphatic carbocycles. The van der Waals surface area contributed by atoms with Crippen molar-refractivity contribution in [1.29, 1.82) is 0 Å². The Labute approximate surface area is 117 Å². The molecule has 0 aromatic heterocycles. The minimum Gasteiger partial charge on any atom is -0.507 e. The van der Waals surface area contributed by atoms with Crippen molar-refractivity contribution in [3.05, 3.63) is 29.6 Å². The SMILES string of the molecule is O=C(NCC1(CO)CCCCC1)c1cc(F)ccc1O. The van der Waals surface area contributed by atoms with Crippen molar-refractivity contribution in [2.45, 2.75) is 32.1 Å². The molecular weight excluding hydrogens is 261 g/mol. The number of benzene rings is 1. The first-order valence-corrected chi connectivity index (χ1v) is 6.94. The zero-order valence-corrected chi connectivity index (χ0v) is 11.4. The predicted molar refractivity (Wildman–Crippen MR) is 73.0 cm³/mol. The van der Waals surface area contributed by atoms with Crippen molar-refractivity contribution in [3.63, 3.8) is 0 Å². The molecule has 3 N–H and O–H groups in total. The molecule has 0 aliphatic heterocycles. The first kappa shape index (κ1) is 14.8. The van der Waals surface area contributed by atoms with Gasteiger partial charge in [-0.3, -0.25) is 4.79 Å². The number of carbonyl (C=O) groups is 1. The van der Waals surface area contributed by atoms with E-state index >= 15 is 0 Å². The lowest BCUT2D eigenvalue weighted by Crippen LogP contribution is -2.41. The van der Waals surface area contributed by atoms with Gasteiger partial charge in [-0.25, -0.2) is 4.39 Å². The Morgan fingerprint density at radius 1 is 1.30 bits per heavy atom. The van der Waals surface area contributed by atoms with Gasteiger partial charge in [0.25, 0.3) is 5.91 Å². The molecule has 1 aromatic rings. The van der Waals surface area contributed by atoms with Crippen LogP contribution in [0.15, 0.2) is 18.2 Å². The highest BCUT2D eigenvalue weighted by Crippen LogP contribution is 2.35. The molecular formula is C15H20FNO3. The Bertz CT molecular complexity index is 484. The van der Waals surface area contributed by atoms with Gasteiger partial charge in [0.05, 0.1) is 12.2 Å². The number of carbonyl (C=O) groups excluding carboxylic acids is 1. The van der Waals surface area contributed by atoms with Crippen molar-refractivity contribution in [1.82, 2.24) is 5.32 Å². The molecule has 1 fully saturated rings. The maximum Gasteiger partial charge on any atom is 0.255 e. The third-order valence-corrected chi connectivity index (χ3v) is 4.08. The Kier molecular flexibility index (Phi) is 4.60. The van der Waals surface area contributed by atoms with Crippen molar-refractivity contribution in [2.24, 2.45) is 5.41 Å².